The summed E-state index contributed by atoms with van der Waals surface area (Å²) in [5.41, 5.74) is 1.61. The second kappa shape index (κ2) is 10.3. The van der Waals surface area contributed by atoms with Gasteiger partial charge in [0, 0.05) is 24.7 Å². The van der Waals surface area contributed by atoms with Crippen LogP contribution >= 0.6 is 0 Å². The minimum Gasteiger partial charge on any atom is -0.493 e. The molecule has 1 fully saturated rings. The fourth-order valence-electron chi connectivity index (χ4n) is 3.90. The minimum atomic E-state index is -0.198. The molecular formula is C23H30N2O5. The molecule has 1 heterocycles. The largest absolute Gasteiger partial charge is 0.493 e. The SMILES string of the molecule is COc1cc(C(=O)N[C@@H](C)[C@H](c2ccccc2)N2CCOCC2)cc(OC)c1OC. The molecule has 0 spiro atoms. The predicted octanol–water partition coefficient (Wildman–Crippen LogP) is 2.90. The molecule has 2 aromatic carbocycles. The molecule has 0 radical (unpaired) electrons. The van der Waals surface area contributed by atoms with Gasteiger partial charge in [0.1, 0.15) is 0 Å². The summed E-state index contributed by atoms with van der Waals surface area (Å²) in [6.07, 6.45) is 0. The van der Waals surface area contributed by atoms with Gasteiger partial charge in [0.2, 0.25) is 5.75 Å². The number of hydrogen-bond acceptors (Lipinski definition) is 6. The van der Waals surface area contributed by atoms with Gasteiger partial charge >= 0.3 is 0 Å². The van der Waals surface area contributed by atoms with E-state index in [-0.39, 0.29) is 18.0 Å². The third-order valence-electron chi connectivity index (χ3n) is 5.34. The summed E-state index contributed by atoms with van der Waals surface area (Å²) < 4.78 is 21.6. The molecule has 0 saturated carbocycles. The summed E-state index contributed by atoms with van der Waals surface area (Å²) in [6, 6.07) is 13.5. The van der Waals surface area contributed by atoms with Crippen LogP contribution in [-0.2, 0) is 4.74 Å². The number of morpholine rings is 1. The second-order valence-corrected chi connectivity index (χ2v) is 7.18. The van der Waals surface area contributed by atoms with E-state index >= 15 is 0 Å². The highest BCUT2D eigenvalue weighted by molar-refractivity contribution is 5.95. The molecular weight excluding hydrogens is 384 g/mol. The van der Waals surface area contributed by atoms with Crippen LogP contribution in [0.4, 0.5) is 0 Å². The molecule has 7 nitrogen and oxygen atoms in total. The number of methoxy groups -OCH3 is 3. The molecule has 30 heavy (non-hydrogen) atoms. The van der Waals surface area contributed by atoms with Gasteiger partial charge in [-0.1, -0.05) is 30.3 Å². The van der Waals surface area contributed by atoms with Crippen molar-refractivity contribution in [3.05, 3.63) is 53.6 Å². The van der Waals surface area contributed by atoms with Gasteiger partial charge in [-0.05, 0) is 24.6 Å². The number of amides is 1. The zero-order valence-electron chi connectivity index (χ0n) is 18.0. The van der Waals surface area contributed by atoms with E-state index in [1.54, 1.807) is 12.1 Å². The Kier molecular flexibility index (Phi) is 7.54. The van der Waals surface area contributed by atoms with E-state index in [1.807, 2.05) is 25.1 Å². The zero-order valence-corrected chi connectivity index (χ0v) is 18.0. The molecule has 1 saturated heterocycles. The van der Waals surface area contributed by atoms with Gasteiger partial charge < -0.3 is 24.3 Å². The minimum absolute atomic E-state index is 0.0427. The number of rotatable bonds is 8. The van der Waals surface area contributed by atoms with Crippen molar-refractivity contribution in [1.29, 1.82) is 0 Å². The molecule has 2 atom stereocenters. The molecule has 1 N–H and O–H groups in total. The molecule has 1 aliphatic rings. The number of benzene rings is 2. The molecule has 3 rings (SSSR count). The average Bonchev–Trinajstić information content (AvgIpc) is 2.79. The molecule has 1 aliphatic heterocycles. The summed E-state index contributed by atoms with van der Waals surface area (Å²) in [7, 11) is 4.60. The van der Waals surface area contributed by atoms with E-state index < -0.39 is 0 Å². The Morgan fingerprint density at radius 1 is 1.00 bits per heavy atom. The smallest absolute Gasteiger partial charge is 0.251 e. The summed E-state index contributed by atoms with van der Waals surface area (Å²) in [5.74, 6) is 1.15. The van der Waals surface area contributed by atoms with Crippen molar-refractivity contribution in [3.63, 3.8) is 0 Å². The average molecular weight is 415 g/mol. The molecule has 1 amide bonds. The van der Waals surface area contributed by atoms with Crippen molar-refractivity contribution in [3.8, 4) is 17.2 Å². The molecule has 0 unspecified atom stereocenters. The molecule has 0 aromatic heterocycles. The van der Waals surface area contributed by atoms with Gasteiger partial charge in [-0.2, -0.15) is 0 Å². The van der Waals surface area contributed by atoms with E-state index in [0.717, 1.165) is 18.7 Å². The molecule has 7 heteroatoms. The summed E-state index contributed by atoms with van der Waals surface area (Å²) in [4.78, 5) is 15.5. The Bertz CT molecular complexity index is 812. The maximum absolute atomic E-state index is 13.1. The number of carbonyl (C=O) groups excluding carboxylic acids is 1. The summed E-state index contributed by atoms with van der Waals surface area (Å²) in [6.45, 7) is 5.06. The van der Waals surface area contributed by atoms with Crippen molar-refractivity contribution < 1.29 is 23.7 Å². The number of hydrogen-bond donors (Lipinski definition) is 1. The van der Waals surface area contributed by atoms with Gasteiger partial charge in [-0.15, -0.1) is 0 Å². The number of ether oxygens (including phenoxy) is 4. The highest BCUT2D eigenvalue weighted by Crippen LogP contribution is 2.38. The lowest BCUT2D eigenvalue weighted by atomic mass is 9.97. The molecule has 0 bridgehead atoms. The van der Waals surface area contributed by atoms with E-state index in [0.29, 0.717) is 36.0 Å². The first kappa shape index (κ1) is 21.9. The standard InChI is InChI=1S/C23H30N2O5/c1-16(21(17-8-6-5-7-9-17)25-10-12-30-13-11-25)24-23(26)18-14-19(27-2)22(29-4)20(15-18)28-3/h5-9,14-16,21H,10-13H2,1-4H3,(H,24,26)/t16-,21+/m0/s1. The third-order valence-corrected chi connectivity index (χ3v) is 5.34. The van der Waals surface area contributed by atoms with Crippen molar-refractivity contribution in [2.24, 2.45) is 0 Å². The first-order chi connectivity index (χ1) is 14.6. The van der Waals surface area contributed by atoms with Crippen molar-refractivity contribution >= 4 is 5.91 Å². The van der Waals surface area contributed by atoms with E-state index in [9.17, 15) is 4.79 Å². The van der Waals surface area contributed by atoms with E-state index in [1.165, 1.54) is 21.3 Å². The number of nitrogens with one attached hydrogen (secondary N) is 1. The molecule has 162 valence electrons. The topological polar surface area (TPSA) is 69.3 Å². The van der Waals surface area contributed by atoms with Crippen LogP contribution in [0.25, 0.3) is 0 Å². The monoisotopic (exact) mass is 414 g/mol. The van der Waals surface area contributed by atoms with Gasteiger partial charge in [-0.3, -0.25) is 9.69 Å². The lowest BCUT2D eigenvalue weighted by Crippen LogP contribution is -2.48. The maximum Gasteiger partial charge on any atom is 0.251 e. The van der Waals surface area contributed by atoms with Crippen LogP contribution in [0.2, 0.25) is 0 Å². The van der Waals surface area contributed by atoms with Gasteiger partial charge in [0.05, 0.1) is 40.6 Å². The molecule has 2 aromatic rings. The fraction of sp³-hybridized carbons (Fsp3) is 0.435. The zero-order chi connectivity index (χ0) is 21.5. The number of nitrogens with zero attached hydrogens (tertiary/aromatic N) is 1. The summed E-state index contributed by atoms with van der Waals surface area (Å²) >= 11 is 0. The lowest BCUT2D eigenvalue weighted by Gasteiger charge is -2.38. The number of carbonyl (C=O) groups is 1. The first-order valence-corrected chi connectivity index (χ1v) is 10.1. The Labute approximate surface area is 177 Å². The highest BCUT2D eigenvalue weighted by Gasteiger charge is 2.29. The Balaban J connectivity index is 1.85. The summed E-state index contributed by atoms with van der Waals surface area (Å²) in [5, 5.41) is 3.16. The van der Waals surface area contributed by atoms with Crippen LogP contribution in [0.3, 0.4) is 0 Å². The first-order valence-electron chi connectivity index (χ1n) is 10.1. The highest BCUT2D eigenvalue weighted by atomic mass is 16.5. The third kappa shape index (κ3) is 4.86. The fourth-order valence-corrected chi connectivity index (χ4v) is 3.90. The maximum atomic E-state index is 13.1. The van der Waals surface area contributed by atoms with Crippen LogP contribution < -0.4 is 19.5 Å². The van der Waals surface area contributed by atoms with Crippen molar-refractivity contribution in [2.45, 2.75) is 19.0 Å². The van der Waals surface area contributed by atoms with Crippen LogP contribution in [0.15, 0.2) is 42.5 Å². The lowest BCUT2D eigenvalue weighted by molar-refractivity contribution is 0.00888. The predicted molar refractivity (Wildman–Crippen MR) is 115 cm³/mol. The van der Waals surface area contributed by atoms with E-state index in [2.05, 4.69) is 22.3 Å². The van der Waals surface area contributed by atoms with Gasteiger partial charge in [0.25, 0.3) is 5.91 Å². The van der Waals surface area contributed by atoms with Crippen LogP contribution in [-0.4, -0.2) is 64.5 Å². The van der Waals surface area contributed by atoms with E-state index in [4.69, 9.17) is 18.9 Å². The van der Waals surface area contributed by atoms with Crippen LogP contribution in [0, 0.1) is 0 Å². The second-order valence-electron chi connectivity index (χ2n) is 7.18. The Hall–Kier alpha value is -2.77. The van der Waals surface area contributed by atoms with Gasteiger partial charge in [0.15, 0.2) is 11.5 Å². The van der Waals surface area contributed by atoms with Gasteiger partial charge in [-0.25, -0.2) is 0 Å². The quantitative estimate of drug-likeness (QED) is 0.716. The van der Waals surface area contributed by atoms with Crippen LogP contribution in [0.1, 0.15) is 28.9 Å². The Morgan fingerprint density at radius 2 is 1.60 bits per heavy atom. The normalized spacial score (nSPS) is 16.4. The van der Waals surface area contributed by atoms with Crippen LogP contribution in [0.5, 0.6) is 17.2 Å². The van der Waals surface area contributed by atoms with Crippen molar-refractivity contribution in [2.75, 3.05) is 47.6 Å². The van der Waals surface area contributed by atoms with Crippen molar-refractivity contribution in [1.82, 2.24) is 10.2 Å². The Morgan fingerprint density at radius 3 is 2.13 bits per heavy atom. The molecule has 0 aliphatic carbocycles.